The van der Waals surface area contributed by atoms with E-state index in [1.165, 1.54) is 4.88 Å². The zero-order valence-corrected chi connectivity index (χ0v) is 18.1. The number of hydrogen-bond acceptors (Lipinski definition) is 4. The minimum absolute atomic E-state index is 0. The Bertz CT molecular complexity index is 514. The minimum atomic E-state index is 0. The highest BCUT2D eigenvalue weighted by Gasteiger charge is 2.28. The van der Waals surface area contributed by atoms with Crippen LogP contribution < -0.4 is 5.32 Å². The van der Waals surface area contributed by atoms with Gasteiger partial charge in [0.1, 0.15) is 0 Å². The molecule has 0 saturated carbocycles. The third-order valence-electron chi connectivity index (χ3n) is 3.43. The number of thioether (sulfide) groups is 1. The lowest BCUT2D eigenvalue weighted by atomic mass is 10.2. The summed E-state index contributed by atoms with van der Waals surface area (Å²) < 4.78 is 0.297. The molecule has 0 unspecified atom stereocenters. The number of aliphatic imine (C=N–C) groups is 1. The second kappa shape index (κ2) is 8.73. The standard InChI is InChI=1S/C15H26N4S2.HI/c1-6-16-14(19-7-8-20-15(4,5)10-19)17-9-13-11(2)18-12(3)21-13;/h6-10H2,1-5H3,(H,16,17);1H. The van der Waals surface area contributed by atoms with Crippen molar-refractivity contribution < 1.29 is 0 Å². The number of halogens is 1. The first-order valence-electron chi connectivity index (χ1n) is 7.51. The molecule has 22 heavy (non-hydrogen) atoms. The van der Waals surface area contributed by atoms with Crippen LogP contribution in [0.1, 0.15) is 36.3 Å². The Morgan fingerprint density at radius 2 is 2.14 bits per heavy atom. The summed E-state index contributed by atoms with van der Waals surface area (Å²) in [5, 5.41) is 4.56. The van der Waals surface area contributed by atoms with Crippen LogP contribution in [0.25, 0.3) is 0 Å². The Morgan fingerprint density at radius 1 is 1.41 bits per heavy atom. The predicted octanol–water partition coefficient (Wildman–Crippen LogP) is 3.67. The normalized spacial score (nSPS) is 18.0. The molecular weight excluding hydrogens is 427 g/mol. The first-order chi connectivity index (χ1) is 9.91. The van der Waals surface area contributed by atoms with Gasteiger partial charge in [0.05, 0.1) is 17.2 Å². The average Bonchev–Trinajstić information content (AvgIpc) is 2.71. The van der Waals surface area contributed by atoms with Crippen LogP contribution in [0.15, 0.2) is 4.99 Å². The molecule has 2 heterocycles. The number of rotatable bonds is 3. The average molecular weight is 454 g/mol. The van der Waals surface area contributed by atoms with Gasteiger partial charge in [0, 0.05) is 35.0 Å². The van der Waals surface area contributed by atoms with Crippen LogP contribution >= 0.6 is 47.1 Å². The van der Waals surface area contributed by atoms with Gasteiger partial charge in [-0.15, -0.1) is 35.3 Å². The van der Waals surface area contributed by atoms with Gasteiger partial charge in [0.25, 0.3) is 0 Å². The zero-order valence-electron chi connectivity index (χ0n) is 14.1. The van der Waals surface area contributed by atoms with Gasteiger partial charge in [-0.3, -0.25) is 0 Å². The summed E-state index contributed by atoms with van der Waals surface area (Å²) in [6.07, 6.45) is 0. The van der Waals surface area contributed by atoms with Crippen molar-refractivity contribution in [1.29, 1.82) is 0 Å². The highest BCUT2D eigenvalue weighted by Crippen LogP contribution is 2.29. The van der Waals surface area contributed by atoms with E-state index in [-0.39, 0.29) is 24.0 Å². The summed E-state index contributed by atoms with van der Waals surface area (Å²) in [6.45, 7) is 14.6. The van der Waals surface area contributed by atoms with Crippen LogP contribution in [0, 0.1) is 13.8 Å². The van der Waals surface area contributed by atoms with Crippen molar-refractivity contribution in [2.75, 3.05) is 25.4 Å². The quantitative estimate of drug-likeness (QED) is 0.430. The molecule has 126 valence electrons. The molecular formula is C15H27IN4S2. The molecule has 1 aromatic rings. The van der Waals surface area contributed by atoms with E-state index in [2.05, 4.69) is 49.8 Å². The van der Waals surface area contributed by atoms with Crippen molar-refractivity contribution in [3.63, 3.8) is 0 Å². The Hall–Kier alpha value is -0.0200. The SMILES string of the molecule is CCNC(=NCc1sc(C)nc1C)N1CCSC(C)(C)C1.I. The zero-order chi connectivity index (χ0) is 15.5. The summed E-state index contributed by atoms with van der Waals surface area (Å²) in [7, 11) is 0. The van der Waals surface area contributed by atoms with Gasteiger partial charge in [-0.2, -0.15) is 11.8 Å². The fraction of sp³-hybridized carbons (Fsp3) is 0.733. The molecule has 0 atom stereocenters. The largest absolute Gasteiger partial charge is 0.357 e. The lowest BCUT2D eigenvalue weighted by Gasteiger charge is -2.39. The van der Waals surface area contributed by atoms with Crippen LogP contribution in [-0.4, -0.2) is 46.0 Å². The van der Waals surface area contributed by atoms with Gasteiger partial charge >= 0.3 is 0 Å². The first kappa shape index (κ1) is 20.0. The van der Waals surface area contributed by atoms with E-state index in [9.17, 15) is 0 Å². The summed E-state index contributed by atoms with van der Waals surface area (Å²) in [6, 6.07) is 0. The van der Waals surface area contributed by atoms with Crippen LogP contribution in [0.2, 0.25) is 0 Å². The van der Waals surface area contributed by atoms with Gasteiger partial charge in [-0.05, 0) is 34.6 Å². The topological polar surface area (TPSA) is 40.5 Å². The van der Waals surface area contributed by atoms with Crippen molar-refractivity contribution in [1.82, 2.24) is 15.2 Å². The number of guanidine groups is 1. The van der Waals surface area contributed by atoms with Crippen molar-refractivity contribution in [3.05, 3.63) is 15.6 Å². The lowest BCUT2D eigenvalue weighted by molar-refractivity contribution is 0.376. The lowest BCUT2D eigenvalue weighted by Crippen LogP contribution is -2.50. The summed E-state index contributed by atoms with van der Waals surface area (Å²) >= 11 is 3.80. The molecule has 7 heteroatoms. The summed E-state index contributed by atoms with van der Waals surface area (Å²) in [4.78, 5) is 13.0. The van der Waals surface area contributed by atoms with Crippen molar-refractivity contribution >= 4 is 53.0 Å². The van der Waals surface area contributed by atoms with Crippen molar-refractivity contribution in [2.45, 2.75) is 45.9 Å². The Kier molecular flexibility index (Phi) is 7.94. The number of nitrogens with zero attached hydrogens (tertiary/aromatic N) is 3. The van der Waals surface area contributed by atoms with E-state index in [4.69, 9.17) is 4.99 Å². The van der Waals surface area contributed by atoms with E-state index in [0.29, 0.717) is 4.75 Å². The van der Waals surface area contributed by atoms with E-state index in [1.807, 2.05) is 11.8 Å². The monoisotopic (exact) mass is 454 g/mol. The van der Waals surface area contributed by atoms with Gasteiger partial charge < -0.3 is 10.2 Å². The van der Waals surface area contributed by atoms with Crippen molar-refractivity contribution in [2.24, 2.45) is 4.99 Å². The predicted molar refractivity (Wildman–Crippen MR) is 110 cm³/mol. The Morgan fingerprint density at radius 3 is 2.68 bits per heavy atom. The molecule has 0 aliphatic carbocycles. The fourth-order valence-electron chi connectivity index (χ4n) is 2.49. The van der Waals surface area contributed by atoms with Crippen LogP contribution in [-0.2, 0) is 6.54 Å². The summed E-state index contributed by atoms with van der Waals surface area (Å²) in [5.41, 5.74) is 1.12. The molecule has 4 nitrogen and oxygen atoms in total. The van der Waals surface area contributed by atoms with Crippen LogP contribution in [0.3, 0.4) is 0 Å². The Labute approximate surface area is 159 Å². The number of nitrogens with one attached hydrogen (secondary N) is 1. The Balaban J connectivity index is 0.00000242. The van der Waals surface area contributed by atoms with Crippen LogP contribution in [0.5, 0.6) is 0 Å². The van der Waals surface area contributed by atoms with E-state index >= 15 is 0 Å². The third-order valence-corrected chi connectivity index (χ3v) is 5.79. The molecule has 0 radical (unpaired) electrons. The molecule has 1 aliphatic rings. The molecule has 0 amide bonds. The highest BCUT2D eigenvalue weighted by molar-refractivity contribution is 14.0. The smallest absolute Gasteiger partial charge is 0.194 e. The molecule has 1 aromatic heterocycles. The second-order valence-electron chi connectivity index (χ2n) is 5.94. The van der Waals surface area contributed by atoms with Gasteiger partial charge in [0.2, 0.25) is 0 Å². The first-order valence-corrected chi connectivity index (χ1v) is 9.31. The molecule has 0 bridgehead atoms. The molecule has 2 rings (SSSR count). The molecule has 0 spiro atoms. The second-order valence-corrected chi connectivity index (χ2v) is 9.03. The maximum absolute atomic E-state index is 4.84. The fourth-order valence-corrected chi connectivity index (χ4v) is 4.46. The number of aryl methyl sites for hydroxylation is 2. The maximum Gasteiger partial charge on any atom is 0.194 e. The van der Waals surface area contributed by atoms with E-state index < -0.39 is 0 Å². The maximum atomic E-state index is 4.84. The molecule has 1 aliphatic heterocycles. The number of thiazole rings is 1. The van der Waals surface area contributed by atoms with Gasteiger partial charge in [0.15, 0.2) is 5.96 Å². The van der Waals surface area contributed by atoms with E-state index in [0.717, 1.165) is 48.6 Å². The minimum Gasteiger partial charge on any atom is -0.357 e. The highest BCUT2D eigenvalue weighted by atomic mass is 127. The van der Waals surface area contributed by atoms with Crippen molar-refractivity contribution in [3.8, 4) is 0 Å². The van der Waals surface area contributed by atoms with Gasteiger partial charge in [-0.1, -0.05) is 0 Å². The molecule has 1 saturated heterocycles. The van der Waals surface area contributed by atoms with E-state index in [1.54, 1.807) is 11.3 Å². The summed E-state index contributed by atoms with van der Waals surface area (Å²) in [5.74, 6) is 2.20. The molecule has 1 fully saturated rings. The third kappa shape index (κ3) is 5.56. The van der Waals surface area contributed by atoms with Crippen LogP contribution in [0.4, 0.5) is 0 Å². The number of aromatic nitrogens is 1. The molecule has 1 N–H and O–H groups in total. The molecule has 0 aromatic carbocycles. The van der Waals surface area contributed by atoms with Gasteiger partial charge in [-0.25, -0.2) is 9.98 Å². The number of hydrogen-bond donors (Lipinski definition) is 1.